The third kappa shape index (κ3) is 4.70. The number of nitrogens with zero attached hydrogens (tertiary/aromatic N) is 5. The lowest BCUT2D eigenvalue weighted by Gasteiger charge is -2.35. The molecule has 1 fully saturated rings. The second-order valence-corrected chi connectivity index (χ2v) is 8.03. The minimum Gasteiger partial charge on any atom is -0.495 e. The van der Waals surface area contributed by atoms with Crippen molar-refractivity contribution in [2.24, 2.45) is 0 Å². The van der Waals surface area contributed by atoms with E-state index in [2.05, 4.69) is 31.4 Å². The Morgan fingerprint density at radius 2 is 1.94 bits per heavy atom. The highest BCUT2D eigenvalue weighted by Crippen LogP contribution is 2.31. The van der Waals surface area contributed by atoms with Crippen molar-refractivity contribution in [3.05, 3.63) is 52.5 Å². The molecule has 4 rings (SSSR count). The highest BCUT2D eigenvalue weighted by Gasteiger charge is 2.21. The maximum absolute atomic E-state index is 9.40. The van der Waals surface area contributed by atoms with Gasteiger partial charge in [-0.1, -0.05) is 17.7 Å². The minimum absolute atomic E-state index is 0.166. The summed E-state index contributed by atoms with van der Waals surface area (Å²) in [6.45, 7) is 4.69. The zero-order chi connectivity index (χ0) is 22.5. The molecule has 8 nitrogen and oxygen atoms in total. The van der Waals surface area contributed by atoms with Crippen molar-refractivity contribution in [2.45, 2.75) is 6.54 Å². The van der Waals surface area contributed by atoms with Crippen LogP contribution in [0.15, 0.2) is 36.4 Å². The summed E-state index contributed by atoms with van der Waals surface area (Å²) in [6.07, 6.45) is 0. The van der Waals surface area contributed by atoms with Crippen LogP contribution >= 0.6 is 11.6 Å². The van der Waals surface area contributed by atoms with Gasteiger partial charge in [-0.05, 0) is 35.9 Å². The van der Waals surface area contributed by atoms with Crippen molar-refractivity contribution in [2.75, 3.05) is 56.7 Å². The fourth-order valence-corrected chi connectivity index (χ4v) is 4.18. The second kappa shape index (κ2) is 10.0. The molecule has 3 aromatic rings. The van der Waals surface area contributed by atoms with Crippen molar-refractivity contribution in [3.8, 4) is 11.8 Å². The lowest BCUT2D eigenvalue weighted by molar-refractivity contribution is 0.188. The summed E-state index contributed by atoms with van der Waals surface area (Å²) >= 11 is 6.24. The molecule has 0 saturated carbocycles. The van der Waals surface area contributed by atoms with Crippen molar-refractivity contribution in [1.29, 1.82) is 5.26 Å². The molecule has 2 aromatic carbocycles. The first-order valence-corrected chi connectivity index (χ1v) is 10.9. The third-order valence-corrected chi connectivity index (χ3v) is 5.95. The van der Waals surface area contributed by atoms with Crippen molar-refractivity contribution in [3.63, 3.8) is 0 Å². The summed E-state index contributed by atoms with van der Waals surface area (Å²) in [5.41, 5.74) is 1.55. The Hall–Kier alpha value is -3.12. The predicted molar refractivity (Wildman–Crippen MR) is 125 cm³/mol. The number of hydrogen-bond donors (Lipinski definition) is 2. The quantitative estimate of drug-likeness (QED) is 0.564. The van der Waals surface area contributed by atoms with E-state index in [0.717, 1.165) is 48.3 Å². The second-order valence-electron chi connectivity index (χ2n) is 7.62. The number of fused-ring (bicyclic) bond motifs is 1. The smallest absolute Gasteiger partial charge is 0.159 e. The van der Waals surface area contributed by atoms with Crippen LogP contribution in [0.1, 0.15) is 11.1 Å². The van der Waals surface area contributed by atoms with Gasteiger partial charge in [-0.25, -0.2) is 0 Å². The zero-order valence-corrected chi connectivity index (χ0v) is 18.6. The first-order valence-electron chi connectivity index (χ1n) is 10.5. The molecule has 0 radical (unpaired) electrons. The van der Waals surface area contributed by atoms with Crippen LogP contribution < -0.4 is 15.0 Å². The van der Waals surface area contributed by atoms with Gasteiger partial charge in [0.15, 0.2) is 11.6 Å². The van der Waals surface area contributed by atoms with E-state index in [1.165, 1.54) is 0 Å². The Morgan fingerprint density at radius 3 is 2.62 bits per heavy atom. The molecule has 0 amide bonds. The van der Waals surface area contributed by atoms with Crippen molar-refractivity contribution >= 4 is 34.0 Å². The standard InChI is InChI=1S/C23H25ClN6O2/c1-32-21-5-3-17(13-20(21)24)15-26-22-19-12-16(14-25)2-4-18(19)23(28-27-22)30-8-6-29(7-9-30)10-11-31/h2-5,12-13,31H,6-11,15H2,1H3,(H,26,27). The van der Waals surface area contributed by atoms with Crippen molar-refractivity contribution in [1.82, 2.24) is 15.1 Å². The molecular formula is C23H25ClN6O2. The summed E-state index contributed by atoms with van der Waals surface area (Å²) in [6, 6.07) is 13.4. The summed E-state index contributed by atoms with van der Waals surface area (Å²) < 4.78 is 5.21. The average molecular weight is 453 g/mol. The zero-order valence-electron chi connectivity index (χ0n) is 17.9. The predicted octanol–water partition coefficient (Wildman–Crippen LogP) is 2.89. The lowest BCUT2D eigenvalue weighted by Crippen LogP contribution is -2.47. The summed E-state index contributed by atoms with van der Waals surface area (Å²) in [7, 11) is 1.59. The normalized spacial score (nSPS) is 14.4. The number of nitriles is 1. The van der Waals surface area contributed by atoms with Crippen LogP contribution in [0.4, 0.5) is 11.6 Å². The average Bonchev–Trinajstić information content (AvgIpc) is 2.83. The number of piperazine rings is 1. The fourth-order valence-electron chi connectivity index (χ4n) is 3.90. The van der Waals surface area contributed by atoms with Gasteiger partial charge in [-0.15, -0.1) is 10.2 Å². The number of nitrogens with one attached hydrogen (secondary N) is 1. The number of rotatable bonds is 7. The summed E-state index contributed by atoms with van der Waals surface area (Å²) in [5, 5.41) is 33.3. The molecule has 0 bridgehead atoms. The van der Waals surface area contributed by atoms with Crippen LogP contribution in [0.25, 0.3) is 10.8 Å². The maximum Gasteiger partial charge on any atom is 0.159 e. The van der Waals surface area contributed by atoms with E-state index in [0.29, 0.717) is 35.2 Å². The molecule has 1 aromatic heterocycles. The van der Waals surface area contributed by atoms with Crippen LogP contribution in [-0.2, 0) is 6.54 Å². The SMILES string of the molecule is COc1ccc(CNc2nnc(N3CCN(CCO)CC3)c3ccc(C#N)cc23)cc1Cl. The largest absolute Gasteiger partial charge is 0.495 e. The van der Waals surface area contributed by atoms with Gasteiger partial charge in [0.2, 0.25) is 0 Å². The molecule has 0 aliphatic carbocycles. The molecule has 2 heterocycles. The Kier molecular flexibility index (Phi) is 6.90. The highest BCUT2D eigenvalue weighted by molar-refractivity contribution is 6.32. The van der Waals surface area contributed by atoms with Crippen LogP contribution in [0.5, 0.6) is 5.75 Å². The van der Waals surface area contributed by atoms with Gasteiger partial charge in [0.05, 0.1) is 30.4 Å². The van der Waals surface area contributed by atoms with E-state index in [4.69, 9.17) is 16.3 Å². The van der Waals surface area contributed by atoms with Crippen LogP contribution in [-0.4, -0.2) is 66.6 Å². The number of aromatic nitrogens is 2. The highest BCUT2D eigenvalue weighted by atomic mass is 35.5. The molecule has 0 atom stereocenters. The Balaban J connectivity index is 1.60. The monoisotopic (exact) mass is 452 g/mol. The molecule has 32 heavy (non-hydrogen) atoms. The number of hydrogen-bond acceptors (Lipinski definition) is 8. The molecule has 9 heteroatoms. The van der Waals surface area contributed by atoms with E-state index < -0.39 is 0 Å². The number of methoxy groups -OCH3 is 1. The fraction of sp³-hybridized carbons (Fsp3) is 0.348. The first-order chi connectivity index (χ1) is 15.6. The van der Waals surface area contributed by atoms with Gasteiger partial charge in [-0.3, -0.25) is 4.90 Å². The molecule has 2 N–H and O–H groups in total. The van der Waals surface area contributed by atoms with Gasteiger partial charge < -0.3 is 20.1 Å². The number of β-amino-alcohol motifs (C(OH)–C–C–N with tert-alkyl or cyclic N) is 1. The third-order valence-electron chi connectivity index (χ3n) is 5.65. The van der Waals surface area contributed by atoms with Gasteiger partial charge in [0, 0.05) is 50.0 Å². The van der Waals surface area contributed by atoms with E-state index >= 15 is 0 Å². The number of halogens is 1. The van der Waals surface area contributed by atoms with Gasteiger partial charge in [0.1, 0.15) is 5.75 Å². The number of ether oxygens (including phenoxy) is 1. The van der Waals surface area contributed by atoms with E-state index in [1.807, 2.05) is 36.4 Å². The van der Waals surface area contributed by atoms with Crippen LogP contribution in [0, 0.1) is 11.3 Å². The van der Waals surface area contributed by atoms with Gasteiger partial charge >= 0.3 is 0 Å². The molecule has 0 spiro atoms. The molecule has 1 aliphatic rings. The molecular weight excluding hydrogens is 428 g/mol. The topological polar surface area (TPSA) is 97.5 Å². The number of aliphatic hydroxyl groups is 1. The number of aliphatic hydroxyl groups excluding tert-OH is 1. The number of anilines is 2. The summed E-state index contributed by atoms with van der Waals surface area (Å²) in [5.74, 6) is 2.06. The van der Waals surface area contributed by atoms with Gasteiger partial charge in [-0.2, -0.15) is 5.26 Å². The maximum atomic E-state index is 9.40. The Morgan fingerprint density at radius 1 is 1.12 bits per heavy atom. The lowest BCUT2D eigenvalue weighted by atomic mass is 10.1. The molecule has 1 aliphatic heterocycles. The van der Waals surface area contributed by atoms with E-state index in [1.54, 1.807) is 7.11 Å². The van der Waals surface area contributed by atoms with Crippen molar-refractivity contribution < 1.29 is 9.84 Å². The minimum atomic E-state index is 0.166. The summed E-state index contributed by atoms with van der Waals surface area (Å²) in [4.78, 5) is 4.44. The Labute approximate surface area is 192 Å². The Bertz CT molecular complexity index is 1140. The van der Waals surface area contributed by atoms with Gasteiger partial charge in [0.25, 0.3) is 0 Å². The van der Waals surface area contributed by atoms with E-state index in [-0.39, 0.29) is 6.61 Å². The molecule has 166 valence electrons. The van der Waals surface area contributed by atoms with Crippen LogP contribution in [0.3, 0.4) is 0 Å². The number of benzene rings is 2. The van der Waals surface area contributed by atoms with E-state index in [9.17, 15) is 10.4 Å². The van der Waals surface area contributed by atoms with Crippen LogP contribution in [0.2, 0.25) is 5.02 Å². The molecule has 1 saturated heterocycles. The first kappa shape index (κ1) is 22.1. The molecule has 0 unspecified atom stereocenters.